The van der Waals surface area contributed by atoms with Crippen molar-refractivity contribution in [1.82, 2.24) is 5.32 Å². The smallest absolute Gasteiger partial charge is 0.265 e. The molecule has 0 radical (unpaired) electrons. The fraction of sp³-hybridized carbons (Fsp3) is 0.333. The van der Waals surface area contributed by atoms with Crippen LogP contribution >= 0.6 is 0 Å². The lowest BCUT2D eigenvalue weighted by atomic mass is 10.1. The van der Waals surface area contributed by atoms with Crippen molar-refractivity contribution in [1.29, 1.82) is 0 Å². The zero-order valence-electron chi connectivity index (χ0n) is 16.1. The number of anilines is 1. The number of rotatable bonds is 8. The van der Waals surface area contributed by atoms with Crippen LogP contribution in [0.5, 0.6) is 11.5 Å². The molecule has 0 spiro atoms. The Hall–Kier alpha value is -3.02. The molecule has 2 rings (SSSR count). The molecule has 27 heavy (non-hydrogen) atoms. The highest BCUT2D eigenvalue weighted by atomic mass is 16.5. The molecule has 0 aliphatic carbocycles. The zero-order chi connectivity index (χ0) is 19.8. The fourth-order valence-corrected chi connectivity index (χ4v) is 2.50. The van der Waals surface area contributed by atoms with Crippen LogP contribution in [0, 0.1) is 0 Å². The molecule has 144 valence electrons. The third-order valence-corrected chi connectivity index (χ3v) is 3.83. The highest BCUT2D eigenvalue weighted by Crippen LogP contribution is 2.22. The van der Waals surface area contributed by atoms with Crippen molar-refractivity contribution in [3.8, 4) is 11.5 Å². The van der Waals surface area contributed by atoms with Crippen molar-refractivity contribution in [3.05, 3.63) is 54.1 Å². The molecule has 0 aliphatic rings. The van der Waals surface area contributed by atoms with Gasteiger partial charge in [0.25, 0.3) is 11.8 Å². The number of amides is 2. The molecule has 0 saturated carbocycles. The Morgan fingerprint density at radius 3 is 2.41 bits per heavy atom. The van der Waals surface area contributed by atoms with Crippen LogP contribution in [0.3, 0.4) is 0 Å². The molecular formula is C21H26N2O4. The van der Waals surface area contributed by atoms with Gasteiger partial charge < -0.3 is 20.1 Å². The highest BCUT2D eigenvalue weighted by molar-refractivity contribution is 6.04. The summed E-state index contributed by atoms with van der Waals surface area (Å²) in [5.74, 6) is 0.647. The topological polar surface area (TPSA) is 76.7 Å². The lowest BCUT2D eigenvalue weighted by Crippen LogP contribution is -2.34. The van der Waals surface area contributed by atoms with Gasteiger partial charge >= 0.3 is 0 Å². The molecule has 2 aromatic carbocycles. The molecule has 2 amide bonds. The molecule has 0 aromatic heterocycles. The SMILES string of the molecule is CC[C@H](Oc1cccc(OC)c1)C(=O)Nc1ccccc1C(=O)NC(C)C. The maximum Gasteiger partial charge on any atom is 0.265 e. The lowest BCUT2D eigenvalue weighted by Gasteiger charge is -2.19. The lowest BCUT2D eigenvalue weighted by molar-refractivity contribution is -0.122. The Morgan fingerprint density at radius 2 is 1.74 bits per heavy atom. The first-order valence-electron chi connectivity index (χ1n) is 8.96. The third kappa shape index (κ3) is 5.74. The number of nitrogens with one attached hydrogen (secondary N) is 2. The molecule has 2 N–H and O–H groups in total. The highest BCUT2D eigenvalue weighted by Gasteiger charge is 2.21. The molecule has 6 heteroatoms. The van der Waals surface area contributed by atoms with Gasteiger partial charge in [-0.05, 0) is 44.5 Å². The molecule has 0 fully saturated rings. The molecule has 0 heterocycles. The Labute approximate surface area is 159 Å². The number of benzene rings is 2. The van der Waals surface area contributed by atoms with Crippen molar-refractivity contribution in [3.63, 3.8) is 0 Å². The van der Waals surface area contributed by atoms with E-state index in [1.165, 1.54) is 0 Å². The number of para-hydroxylation sites is 1. The van der Waals surface area contributed by atoms with E-state index >= 15 is 0 Å². The predicted octanol–water partition coefficient (Wildman–Crippen LogP) is 3.63. The van der Waals surface area contributed by atoms with Crippen LogP contribution in [0.1, 0.15) is 37.6 Å². The monoisotopic (exact) mass is 370 g/mol. The van der Waals surface area contributed by atoms with Gasteiger partial charge in [-0.2, -0.15) is 0 Å². The van der Waals surface area contributed by atoms with Gasteiger partial charge in [-0.15, -0.1) is 0 Å². The van der Waals surface area contributed by atoms with E-state index in [9.17, 15) is 9.59 Å². The van der Waals surface area contributed by atoms with E-state index in [0.29, 0.717) is 29.2 Å². The van der Waals surface area contributed by atoms with Crippen LogP contribution in [-0.4, -0.2) is 31.1 Å². The maximum atomic E-state index is 12.7. The average Bonchev–Trinajstić information content (AvgIpc) is 2.66. The van der Waals surface area contributed by atoms with E-state index in [1.807, 2.05) is 20.8 Å². The van der Waals surface area contributed by atoms with E-state index < -0.39 is 6.10 Å². The van der Waals surface area contributed by atoms with Crippen LogP contribution in [0.4, 0.5) is 5.69 Å². The summed E-state index contributed by atoms with van der Waals surface area (Å²) in [7, 11) is 1.57. The predicted molar refractivity (Wildman–Crippen MR) is 105 cm³/mol. The van der Waals surface area contributed by atoms with E-state index in [0.717, 1.165) is 0 Å². The number of hydrogen-bond acceptors (Lipinski definition) is 4. The Balaban J connectivity index is 2.13. The number of methoxy groups -OCH3 is 1. The summed E-state index contributed by atoms with van der Waals surface area (Å²) in [5.41, 5.74) is 0.865. The van der Waals surface area contributed by atoms with E-state index in [4.69, 9.17) is 9.47 Å². The zero-order valence-corrected chi connectivity index (χ0v) is 16.1. The Bertz CT molecular complexity index is 789. The second-order valence-corrected chi connectivity index (χ2v) is 6.36. The molecule has 0 saturated heterocycles. The minimum Gasteiger partial charge on any atom is -0.497 e. The normalized spacial score (nSPS) is 11.6. The summed E-state index contributed by atoms with van der Waals surface area (Å²) in [6.45, 7) is 5.63. The average molecular weight is 370 g/mol. The first-order chi connectivity index (χ1) is 12.9. The molecule has 6 nitrogen and oxygen atoms in total. The van der Waals surface area contributed by atoms with Crippen LogP contribution in [-0.2, 0) is 4.79 Å². The van der Waals surface area contributed by atoms with Gasteiger partial charge in [-0.1, -0.05) is 25.1 Å². The van der Waals surface area contributed by atoms with Gasteiger partial charge in [-0.3, -0.25) is 9.59 Å². The van der Waals surface area contributed by atoms with Crippen molar-refractivity contribution in [2.75, 3.05) is 12.4 Å². The van der Waals surface area contributed by atoms with E-state index in [2.05, 4.69) is 10.6 Å². The molecule has 0 bridgehead atoms. The van der Waals surface area contributed by atoms with Gasteiger partial charge in [0.05, 0.1) is 18.4 Å². The van der Waals surface area contributed by atoms with Gasteiger partial charge in [0.1, 0.15) is 11.5 Å². The van der Waals surface area contributed by atoms with Crippen molar-refractivity contribution in [2.45, 2.75) is 39.3 Å². The summed E-state index contributed by atoms with van der Waals surface area (Å²) in [6, 6.07) is 14.0. The first-order valence-corrected chi connectivity index (χ1v) is 8.96. The van der Waals surface area contributed by atoms with Crippen molar-refractivity contribution < 1.29 is 19.1 Å². The molecular weight excluding hydrogens is 344 g/mol. The van der Waals surface area contributed by atoms with Gasteiger partial charge in [0.2, 0.25) is 0 Å². The van der Waals surface area contributed by atoms with Crippen LogP contribution in [0.25, 0.3) is 0 Å². The molecule has 0 unspecified atom stereocenters. The largest absolute Gasteiger partial charge is 0.497 e. The minimum absolute atomic E-state index is 0.000965. The van der Waals surface area contributed by atoms with Crippen molar-refractivity contribution in [2.24, 2.45) is 0 Å². The number of hydrogen-bond donors (Lipinski definition) is 2. The first kappa shape index (κ1) is 20.3. The summed E-state index contributed by atoms with van der Waals surface area (Å²) in [5, 5.41) is 5.64. The molecule has 1 atom stereocenters. The van der Waals surface area contributed by atoms with Crippen LogP contribution in [0.2, 0.25) is 0 Å². The van der Waals surface area contributed by atoms with Gasteiger partial charge in [0.15, 0.2) is 6.10 Å². The van der Waals surface area contributed by atoms with Crippen LogP contribution in [0.15, 0.2) is 48.5 Å². The van der Waals surface area contributed by atoms with E-state index in [1.54, 1.807) is 55.6 Å². The quantitative estimate of drug-likeness (QED) is 0.744. The Kier molecular flexibility index (Phi) is 7.23. The summed E-state index contributed by atoms with van der Waals surface area (Å²) >= 11 is 0. The third-order valence-electron chi connectivity index (χ3n) is 3.83. The molecule has 2 aromatic rings. The summed E-state index contributed by atoms with van der Waals surface area (Å²) < 4.78 is 11.0. The van der Waals surface area contributed by atoms with E-state index in [-0.39, 0.29) is 17.9 Å². The van der Waals surface area contributed by atoms with Crippen LogP contribution < -0.4 is 20.1 Å². The summed E-state index contributed by atoms with van der Waals surface area (Å²) in [4.78, 5) is 25.1. The number of ether oxygens (including phenoxy) is 2. The second kappa shape index (κ2) is 9.62. The summed E-state index contributed by atoms with van der Waals surface area (Å²) in [6.07, 6.45) is -0.220. The fourth-order valence-electron chi connectivity index (χ4n) is 2.50. The standard InChI is InChI=1S/C21H26N2O4/c1-5-19(27-16-10-8-9-15(13-16)26-4)21(25)23-18-12-7-6-11-17(18)20(24)22-14(2)3/h6-14,19H,5H2,1-4H3,(H,22,24)(H,23,25)/t19-/m0/s1. The molecule has 0 aliphatic heterocycles. The number of carbonyl (C=O) groups excluding carboxylic acids is 2. The Morgan fingerprint density at radius 1 is 1.04 bits per heavy atom. The second-order valence-electron chi connectivity index (χ2n) is 6.36. The maximum absolute atomic E-state index is 12.7. The van der Waals surface area contributed by atoms with Gasteiger partial charge in [0, 0.05) is 12.1 Å². The number of carbonyl (C=O) groups is 2. The van der Waals surface area contributed by atoms with Gasteiger partial charge in [-0.25, -0.2) is 0 Å². The minimum atomic E-state index is -0.696. The van der Waals surface area contributed by atoms with Crippen molar-refractivity contribution >= 4 is 17.5 Å².